The highest BCUT2D eigenvalue weighted by Gasteiger charge is 2.14. The lowest BCUT2D eigenvalue weighted by Gasteiger charge is -2.23. The second kappa shape index (κ2) is 3.97. The minimum Gasteiger partial charge on any atom is -0.381 e. The summed E-state index contributed by atoms with van der Waals surface area (Å²) in [6.07, 6.45) is 3.78. The fourth-order valence-electron chi connectivity index (χ4n) is 1.55. The molecule has 1 rings (SSSR count). The van der Waals surface area contributed by atoms with E-state index in [1.54, 1.807) is 0 Å². The van der Waals surface area contributed by atoms with Crippen molar-refractivity contribution in [2.45, 2.75) is 26.2 Å². The minimum atomic E-state index is 0.614. The van der Waals surface area contributed by atoms with Crippen LogP contribution in [0.2, 0.25) is 0 Å². The Morgan fingerprint density at radius 3 is 2.60 bits per heavy atom. The van der Waals surface area contributed by atoms with Gasteiger partial charge in [-0.15, -0.1) is 0 Å². The van der Waals surface area contributed by atoms with E-state index >= 15 is 0 Å². The molecular formula is C9H17O. The first kappa shape index (κ1) is 8.06. The van der Waals surface area contributed by atoms with Crippen molar-refractivity contribution in [3.63, 3.8) is 0 Å². The minimum absolute atomic E-state index is 0.614. The highest BCUT2D eigenvalue weighted by molar-refractivity contribution is 4.67. The SMILES string of the molecule is [CH2]C(C)CC1CCOCC1. The zero-order valence-electron chi connectivity index (χ0n) is 6.81. The van der Waals surface area contributed by atoms with Crippen LogP contribution in [0.1, 0.15) is 26.2 Å². The topological polar surface area (TPSA) is 9.23 Å². The van der Waals surface area contributed by atoms with Crippen LogP contribution < -0.4 is 0 Å². The lowest BCUT2D eigenvalue weighted by atomic mass is 9.91. The smallest absolute Gasteiger partial charge is 0.0468 e. The van der Waals surface area contributed by atoms with Crippen LogP contribution in [0.5, 0.6) is 0 Å². The van der Waals surface area contributed by atoms with Crippen LogP contribution in [0.4, 0.5) is 0 Å². The maximum Gasteiger partial charge on any atom is 0.0468 e. The molecule has 0 aliphatic carbocycles. The number of hydrogen-bond acceptors (Lipinski definition) is 1. The lowest BCUT2D eigenvalue weighted by Crippen LogP contribution is -2.17. The summed E-state index contributed by atoms with van der Waals surface area (Å²) < 4.78 is 5.26. The first-order valence-corrected chi connectivity index (χ1v) is 4.20. The van der Waals surface area contributed by atoms with Crippen molar-refractivity contribution in [2.75, 3.05) is 13.2 Å². The number of rotatable bonds is 2. The summed E-state index contributed by atoms with van der Waals surface area (Å²) in [6, 6.07) is 0. The first-order valence-electron chi connectivity index (χ1n) is 4.20. The van der Waals surface area contributed by atoms with Crippen molar-refractivity contribution < 1.29 is 4.74 Å². The van der Waals surface area contributed by atoms with Crippen molar-refractivity contribution in [1.29, 1.82) is 0 Å². The van der Waals surface area contributed by atoms with Crippen LogP contribution >= 0.6 is 0 Å². The molecule has 0 amide bonds. The maximum atomic E-state index is 5.26. The third kappa shape index (κ3) is 2.70. The summed E-state index contributed by atoms with van der Waals surface area (Å²) in [4.78, 5) is 0. The van der Waals surface area contributed by atoms with Gasteiger partial charge in [0.15, 0.2) is 0 Å². The Balaban J connectivity index is 2.13. The monoisotopic (exact) mass is 141 g/mol. The summed E-state index contributed by atoms with van der Waals surface area (Å²) >= 11 is 0. The van der Waals surface area contributed by atoms with Gasteiger partial charge < -0.3 is 4.74 Å². The van der Waals surface area contributed by atoms with E-state index in [0.717, 1.165) is 19.1 Å². The molecule has 0 aromatic rings. The van der Waals surface area contributed by atoms with Gasteiger partial charge in [0.25, 0.3) is 0 Å². The molecule has 0 saturated carbocycles. The Morgan fingerprint density at radius 1 is 1.50 bits per heavy atom. The summed E-state index contributed by atoms with van der Waals surface area (Å²) in [5.41, 5.74) is 0. The van der Waals surface area contributed by atoms with E-state index in [4.69, 9.17) is 4.74 Å². The molecule has 1 fully saturated rings. The summed E-state index contributed by atoms with van der Waals surface area (Å²) in [7, 11) is 0. The summed E-state index contributed by atoms with van der Waals surface area (Å²) in [5.74, 6) is 1.50. The normalized spacial score (nSPS) is 21.9. The van der Waals surface area contributed by atoms with Crippen LogP contribution in [0, 0.1) is 18.8 Å². The number of ether oxygens (including phenoxy) is 1. The average molecular weight is 141 g/mol. The molecular weight excluding hydrogens is 124 g/mol. The first-order chi connectivity index (χ1) is 4.79. The van der Waals surface area contributed by atoms with E-state index in [-0.39, 0.29) is 0 Å². The van der Waals surface area contributed by atoms with Gasteiger partial charge >= 0.3 is 0 Å². The van der Waals surface area contributed by atoms with Crippen LogP contribution in [-0.4, -0.2) is 13.2 Å². The van der Waals surface area contributed by atoms with Crippen LogP contribution in [-0.2, 0) is 4.74 Å². The van der Waals surface area contributed by atoms with Gasteiger partial charge in [0, 0.05) is 13.2 Å². The zero-order valence-corrected chi connectivity index (χ0v) is 6.81. The molecule has 10 heavy (non-hydrogen) atoms. The van der Waals surface area contributed by atoms with E-state index in [2.05, 4.69) is 13.8 Å². The molecule has 1 aliphatic heterocycles. The van der Waals surface area contributed by atoms with Gasteiger partial charge in [-0.1, -0.05) is 13.8 Å². The Morgan fingerprint density at radius 2 is 2.10 bits per heavy atom. The van der Waals surface area contributed by atoms with Gasteiger partial charge in [-0.25, -0.2) is 0 Å². The molecule has 0 spiro atoms. The highest BCUT2D eigenvalue weighted by atomic mass is 16.5. The molecule has 1 aliphatic rings. The van der Waals surface area contributed by atoms with Gasteiger partial charge in [-0.2, -0.15) is 0 Å². The van der Waals surface area contributed by atoms with Gasteiger partial charge in [0.2, 0.25) is 0 Å². The molecule has 59 valence electrons. The van der Waals surface area contributed by atoms with Crippen molar-refractivity contribution in [2.24, 2.45) is 11.8 Å². The molecule has 1 heterocycles. The van der Waals surface area contributed by atoms with E-state index in [1.165, 1.54) is 19.3 Å². The Bertz CT molecular complexity index is 82.7. The van der Waals surface area contributed by atoms with Crippen molar-refractivity contribution in [3.05, 3.63) is 6.92 Å². The second-order valence-electron chi connectivity index (χ2n) is 3.40. The number of hydrogen-bond donors (Lipinski definition) is 0. The van der Waals surface area contributed by atoms with Crippen LogP contribution in [0.3, 0.4) is 0 Å². The lowest BCUT2D eigenvalue weighted by molar-refractivity contribution is 0.0611. The Labute approximate surface area is 63.8 Å². The third-order valence-electron chi connectivity index (χ3n) is 2.08. The average Bonchev–Trinajstić information content (AvgIpc) is 1.88. The van der Waals surface area contributed by atoms with E-state index in [1.807, 2.05) is 0 Å². The quantitative estimate of drug-likeness (QED) is 0.573. The van der Waals surface area contributed by atoms with Gasteiger partial charge in [-0.05, 0) is 31.1 Å². The molecule has 1 radical (unpaired) electrons. The molecule has 0 aromatic heterocycles. The van der Waals surface area contributed by atoms with Gasteiger partial charge in [0.05, 0.1) is 0 Å². The summed E-state index contributed by atoms with van der Waals surface area (Å²) in [5, 5.41) is 0. The largest absolute Gasteiger partial charge is 0.381 e. The molecule has 1 nitrogen and oxygen atoms in total. The molecule has 1 atom stereocenters. The molecule has 0 bridgehead atoms. The zero-order chi connectivity index (χ0) is 7.40. The van der Waals surface area contributed by atoms with Crippen molar-refractivity contribution in [1.82, 2.24) is 0 Å². The van der Waals surface area contributed by atoms with Gasteiger partial charge in [0.1, 0.15) is 0 Å². The fraction of sp³-hybridized carbons (Fsp3) is 0.889. The van der Waals surface area contributed by atoms with Gasteiger partial charge in [-0.3, -0.25) is 0 Å². The van der Waals surface area contributed by atoms with Crippen LogP contribution in [0.25, 0.3) is 0 Å². The predicted octanol–water partition coefficient (Wildman–Crippen LogP) is 2.27. The fourth-order valence-corrected chi connectivity index (χ4v) is 1.55. The van der Waals surface area contributed by atoms with Crippen LogP contribution in [0.15, 0.2) is 0 Å². The highest BCUT2D eigenvalue weighted by Crippen LogP contribution is 2.21. The molecule has 1 heteroatoms. The van der Waals surface area contributed by atoms with E-state index in [0.29, 0.717) is 5.92 Å². The van der Waals surface area contributed by atoms with Crippen molar-refractivity contribution in [3.8, 4) is 0 Å². The maximum absolute atomic E-state index is 5.26. The van der Waals surface area contributed by atoms with E-state index < -0.39 is 0 Å². The molecule has 0 N–H and O–H groups in total. The third-order valence-corrected chi connectivity index (χ3v) is 2.08. The summed E-state index contributed by atoms with van der Waals surface area (Å²) in [6.45, 7) is 8.12. The molecule has 1 unspecified atom stereocenters. The Kier molecular flexibility index (Phi) is 3.20. The van der Waals surface area contributed by atoms with Crippen molar-refractivity contribution >= 4 is 0 Å². The standard InChI is InChI=1S/C9H17O/c1-8(2)7-9-3-5-10-6-4-9/h8-9H,1,3-7H2,2H3. The van der Waals surface area contributed by atoms with E-state index in [9.17, 15) is 0 Å². The predicted molar refractivity (Wildman–Crippen MR) is 42.7 cm³/mol. The molecule has 0 aromatic carbocycles. The second-order valence-corrected chi connectivity index (χ2v) is 3.40. The Hall–Kier alpha value is -0.0400. The molecule has 1 saturated heterocycles.